The Morgan fingerprint density at radius 2 is 1.84 bits per heavy atom. The topological polar surface area (TPSA) is 29.9 Å². The van der Waals surface area contributed by atoms with E-state index >= 15 is 0 Å². The van der Waals surface area contributed by atoms with E-state index in [1.165, 1.54) is 16.7 Å². The second-order valence-corrected chi connectivity index (χ2v) is 5.41. The fraction of sp³-hybridized carbons (Fsp3) is 0.438. The number of benzene rings is 1. The van der Waals surface area contributed by atoms with E-state index in [9.17, 15) is 0 Å². The van der Waals surface area contributed by atoms with Crippen LogP contribution in [0.3, 0.4) is 0 Å². The van der Waals surface area contributed by atoms with Crippen LogP contribution in [0.4, 0.5) is 0 Å². The highest BCUT2D eigenvalue weighted by atomic mass is 15.2. The number of aromatic nitrogens is 2. The molecule has 0 amide bonds. The second-order valence-electron chi connectivity index (χ2n) is 5.41. The highest BCUT2D eigenvalue weighted by molar-refractivity contribution is 5.24. The SMILES string of the molecule is Cc1nn(C)cc1CNCc1ccc(C(C)C)cc1. The van der Waals surface area contributed by atoms with E-state index in [4.69, 9.17) is 0 Å². The minimum atomic E-state index is 0.597. The molecule has 0 saturated carbocycles. The van der Waals surface area contributed by atoms with Crippen LogP contribution in [-0.2, 0) is 20.1 Å². The van der Waals surface area contributed by atoms with E-state index in [2.05, 4.69) is 61.6 Å². The van der Waals surface area contributed by atoms with Crippen molar-refractivity contribution in [1.29, 1.82) is 0 Å². The highest BCUT2D eigenvalue weighted by Crippen LogP contribution is 2.14. The van der Waals surface area contributed by atoms with Crippen LogP contribution in [0.5, 0.6) is 0 Å². The molecule has 3 heteroatoms. The van der Waals surface area contributed by atoms with Crippen LogP contribution in [0.15, 0.2) is 30.5 Å². The molecule has 1 N–H and O–H groups in total. The molecular weight excluding hydrogens is 234 g/mol. The zero-order valence-corrected chi connectivity index (χ0v) is 12.3. The Balaban J connectivity index is 1.87. The molecule has 0 unspecified atom stereocenters. The molecule has 0 aliphatic carbocycles. The molecule has 0 radical (unpaired) electrons. The van der Waals surface area contributed by atoms with Gasteiger partial charge in [-0.1, -0.05) is 38.1 Å². The first kappa shape index (κ1) is 13.8. The number of hydrogen-bond acceptors (Lipinski definition) is 2. The third-order valence-corrected chi connectivity index (χ3v) is 3.41. The maximum Gasteiger partial charge on any atom is 0.0638 e. The third kappa shape index (κ3) is 3.67. The van der Waals surface area contributed by atoms with E-state index in [0.717, 1.165) is 18.8 Å². The van der Waals surface area contributed by atoms with Crippen molar-refractivity contribution in [2.24, 2.45) is 7.05 Å². The lowest BCUT2D eigenvalue weighted by molar-refractivity contribution is 0.689. The zero-order chi connectivity index (χ0) is 13.8. The maximum atomic E-state index is 4.34. The Labute approximate surface area is 115 Å². The minimum absolute atomic E-state index is 0.597. The number of nitrogens with one attached hydrogen (secondary N) is 1. The van der Waals surface area contributed by atoms with Crippen LogP contribution in [-0.4, -0.2) is 9.78 Å². The molecule has 0 bridgehead atoms. The fourth-order valence-corrected chi connectivity index (χ4v) is 2.18. The van der Waals surface area contributed by atoms with Crippen molar-refractivity contribution >= 4 is 0 Å². The molecule has 1 aromatic heterocycles. The summed E-state index contributed by atoms with van der Waals surface area (Å²) in [4.78, 5) is 0. The summed E-state index contributed by atoms with van der Waals surface area (Å²) in [6.45, 7) is 8.25. The molecule has 0 aliphatic rings. The first-order chi connectivity index (χ1) is 9.06. The quantitative estimate of drug-likeness (QED) is 0.891. The van der Waals surface area contributed by atoms with Crippen molar-refractivity contribution in [3.63, 3.8) is 0 Å². The maximum absolute atomic E-state index is 4.34. The molecular formula is C16H23N3. The van der Waals surface area contributed by atoms with Gasteiger partial charge in [0.05, 0.1) is 5.69 Å². The van der Waals surface area contributed by atoms with Crippen LogP contribution < -0.4 is 5.32 Å². The Hall–Kier alpha value is -1.61. The number of nitrogens with zero attached hydrogens (tertiary/aromatic N) is 2. The Bertz CT molecular complexity index is 523. The summed E-state index contributed by atoms with van der Waals surface area (Å²) in [5.41, 5.74) is 5.09. The van der Waals surface area contributed by atoms with Crippen molar-refractivity contribution in [2.45, 2.75) is 39.8 Å². The van der Waals surface area contributed by atoms with Crippen molar-refractivity contribution in [2.75, 3.05) is 0 Å². The van der Waals surface area contributed by atoms with Gasteiger partial charge in [-0.2, -0.15) is 5.10 Å². The summed E-state index contributed by atoms with van der Waals surface area (Å²) in [7, 11) is 1.96. The molecule has 3 nitrogen and oxygen atoms in total. The van der Waals surface area contributed by atoms with E-state index in [-0.39, 0.29) is 0 Å². The summed E-state index contributed by atoms with van der Waals surface area (Å²) in [5, 5.41) is 7.81. The summed E-state index contributed by atoms with van der Waals surface area (Å²) in [6, 6.07) is 8.85. The summed E-state index contributed by atoms with van der Waals surface area (Å²) >= 11 is 0. The van der Waals surface area contributed by atoms with Gasteiger partial charge in [0.25, 0.3) is 0 Å². The van der Waals surface area contributed by atoms with Crippen LogP contribution in [0.25, 0.3) is 0 Å². The van der Waals surface area contributed by atoms with Gasteiger partial charge in [0.15, 0.2) is 0 Å². The number of hydrogen-bond donors (Lipinski definition) is 1. The van der Waals surface area contributed by atoms with Crippen LogP contribution in [0.2, 0.25) is 0 Å². The summed E-state index contributed by atoms with van der Waals surface area (Å²) in [6.07, 6.45) is 2.07. The van der Waals surface area contributed by atoms with E-state index in [1.54, 1.807) is 0 Å². The first-order valence-corrected chi connectivity index (χ1v) is 6.85. The molecule has 0 aliphatic heterocycles. The molecule has 2 rings (SSSR count). The van der Waals surface area contributed by atoms with Gasteiger partial charge in [0.1, 0.15) is 0 Å². The predicted molar refractivity (Wildman–Crippen MR) is 79.0 cm³/mol. The molecule has 0 saturated heterocycles. The molecule has 1 aromatic carbocycles. The monoisotopic (exact) mass is 257 g/mol. The largest absolute Gasteiger partial charge is 0.308 e. The molecule has 0 atom stereocenters. The van der Waals surface area contributed by atoms with Gasteiger partial charge in [0, 0.05) is 31.9 Å². The van der Waals surface area contributed by atoms with E-state index in [0.29, 0.717) is 5.92 Å². The molecule has 0 fully saturated rings. The highest BCUT2D eigenvalue weighted by Gasteiger charge is 2.03. The Morgan fingerprint density at radius 1 is 1.16 bits per heavy atom. The second kappa shape index (κ2) is 6.02. The van der Waals surface area contributed by atoms with Gasteiger partial charge in [0.2, 0.25) is 0 Å². The van der Waals surface area contributed by atoms with E-state index in [1.807, 2.05) is 11.7 Å². The van der Waals surface area contributed by atoms with Crippen molar-refractivity contribution in [3.8, 4) is 0 Å². The average Bonchev–Trinajstić information content (AvgIpc) is 2.68. The Morgan fingerprint density at radius 3 is 2.37 bits per heavy atom. The minimum Gasteiger partial charge on any atom is -0.308 e. The van der Waals surface area contributed by atoms with Crippen molar-refractivity contribution in [1.82, 2.24) is 15.1 Å². The average molecular weight is 257 g/mol. The number of rotatable bonds is 5. The lowest BCUT2D eigenvalue weighted by Gasteiger charge is -2.08. The summed E-state index contributed by atoms with van der Waals surface area (Å²) in [5.74, 6) is 0.597. The van der Waals surface area contributed by atoms with Gasteiger partial charge >= 0.3 is 0 Å². The normalized spacial score (nSPS) is 11.2. The smallest absolute Gasteiger partial charge is 0.0638 e. The third-order valence-electron chi connectivity index (χ3n) is 3.41. The van der Waals surface area contributed by atoms with E-state index < -0.39 is 0 Å². The fourth-order valence-electron chi connectivity index (χ4n) is 2.18. The zero-order valence-electron chi connectivity index (χ0n) is 12.3. The molecule has 1 heterocycles. The lowest BCUT2D eigenvalue weighted by Crippen LogP contribution is -2.12. The summed E-state index contributed by atoms with van der Waals surface area (Å²) < 4.78 is 1.86. The van der Waals surface area contributed by atoms with Gasteiger partial charge in [-0.25, -0.2) is 0 Å². The van der Waals surface area contributed by atoms with Crippen molar-refractivity contribution in [3.05, 3.63) is 52.8 Å². The molecule has 19 heavy (non-hydrogen) atoms. The molecule has 0 spiro atoms. The number of aryl methyl sites for hydroxylation is 2. The molecule has 102 valence electrons. The van der Waals surface area contributed by atoms with Gasteiger partial charge in [-0.05, 0) is 24.0 Å². The Kier molecular flexibility index (Phi) is 4.38. The first-order valence-electron chi connectivity index (χ1n) is 6.85. The van der Waals surface area contributed by atoms with Crippen molar-refractivity contribution < 1.29 is 0 Å². The van der Waals surface area contributed by atoms with Gasteiger partial charge in [-0.3, -0.25) is 4.68 Å². The standard InChI is InChI=1S/C16H23N3/c1-12(2)15-7-5-14(6-8-15)9-17-10-16-11-19(4)18-13(16)3/h5-8,11-12,17H,9-10H2,1-4H3. The van der Waals surface area contributed by atoms with Gasteiger partial charge in [-0.15, -0.1) is 0 Å². The molecule has 2 aromatic rings. The van der Waals surface area contributed by atoms with Gasteiger partial charge < -0.3 is 5.32 Å². The predicted octanol–water partition coefficient (Wildman–Crippen LogP) is 3.14. The van der Waals surface area contributed by atoms with Crippen LogP contribution >= 0.6 is 0 Å². The van der Waals surface area contributed by atoms with Crippen LogP contribution in [0.1, 0.15) is 42.1 Å². The van der Waals surface area contributed by atoms with Crippen LogP contribution in [0, 0.1) is 6.92 Å². The lowest BCUT2D eigenvalue weighted by atomic mass is 10.0.